The summed E-state index contributed by atoms with van der Waals surface area (Å²) >= 11 is 0. The number of aliphatic hydroxyl groups is 1. The Morgan fingerprint density at radius 2 is 1.30 bits per heavy atom. The lowest BCUT2D eigenvalue weighted by atomic mass is 9.93. The Labute approximate surface area is 222 Å². The zero-order valence-electron chi connectivity index (χ0n) is 20.6. The van der Waals surface area contributed by atoms with E-state index in [1.54, 1.807) is 18.2 Å². The first-order valence-corrected chi connectivity index (χ1v) is 11.7. The number of hydrogen-bond acceptors (Lipinski definition) is 3. The molecule has 0 saturated carbocycles. The summed E-state index contributed by atoms with van der Waals surface area (Å²) in [7, 11) is 0. The van der Waals surface area contributed by atoms with Crippen LogP contribution in [-0.4, -0.2) is 36.0 Å². The summed E-state index contributed by atoms with van der Waals surface area (Å²) < 4.78 is 139. The molecule has 0 aliphatic heterocycles. The molecule has 2 atom stereocenters. The second-order valence-electron chi connectivity index (χ2n) is 8.85. The predicted molar refractivity (Wildman–Crippen MR) is 126 cm³/mol. The molecular weight excluding hydrogens is 560 g/mol. The van der Waals surface area contributed by atoms with Crippen molar-refractivity contribution >= 4 is 0 Å². The van der Waals surface area contributed by atoms with Gasteiger partial charge in [0.05, 0.1) is 6.04 Å². The number of hydrogen-bond donors (Lipinski definition) is 2. The van der Waals surface area contributed by atoms with E-state index < -0.39 is 48.5 Å². The monoisotopic (exact) mass is 583 g/mol. The van der Waals surface area contributed by atoms with Gasteiger partial charge in [-0.1, -0.05) is 49.4 Å². The number of ether oxygens (including phenoxy) is 1. The van der Waals surface area contributed by atoms with Crippen LogP contribution in [0.5, 0.6) is 11.5 Å². The molecule has 3 aromatic carbocycles. The fourth-order valence-electron chi connectivity index (χ4n) is 3.77. The molecule has 0 radical (unpaired) electrons. The molecule has 2 N–H and O–H groups in total. The van der Waals surface area contributed by atoms with Crippen LogP contribution in [0.1, 0.15) is 35.2 Å². The fourth-order valence-corrected chi connectivity index (χ4v) is 3.77. The average Bonchev–Trinajstić information content (AvgIpc) is 2.88. The third kappa shape index (κ3) is 6.87. The smallest absolute Gasteiger partial charge is 0.457 e. The molecule has 0 heterocycles. The van der Waals surface area contributed by atoms with Crippen molar-refractivity contribution in [2.24, 2.45) is 0 Å². The largest absolute Gasteiger partial charge is 0.460 e. The summed E-state index contributed by atoms with van der Waals surface area (Å²) in [5, 5.41) is 11.8. The fraction of sp³-hybridized carbons (Fsp3) is 0.333. The second kappa shape index (κ2) is 11.7. The molecule has 0 aliphatic rings. The van der Waals surface area contributed by atoms with E-state index in [9.17, 15) is 49.0 Å². The first-order valence-electron chi connectivity index (χ1n) is 11.7. The van der Waals surface area contributed by atoms with Crippen molar-refractivity contribution in [2.45, 2.75) is 49.7 Å². The van der Waals surface area contributed by atoms with Crippen LogP contribution in [0.15, 0.2) is 72.8 Å². The Morgan fingerprint density at radius 1 is 0.750 bits per heavy atom. The van der Waals surface area contributed by atoms with Crippen molar-refractivity contribution in [1.29, 1.82) is 0 Å². The van der Waals surface area contributed by atoms with Gasteiger partial charge in [-0.15, -0.1) is 0 Å². The zero-order valence-corrected chi connectivity index (χ0v) is 20.6. The first kappa shape index (κ1) is 31.2. The normalized spacial score (nSPS) is 14.6. The Hall–Kier alpha value is -3.32. The predicted octanol–water partition coefficient (Wildman–Crippen LogP) is 7.93. The number of alkyl halides is 10. The van der Waals surface area contributed by atoms with Gasteiger partial charge in [0.2, 0.25) is 0 Å². The van der Waals surface area contributed by atoms with Crippen LogP contribution < -0.4 is 10.1 Å². The zero-order chi connectivity index (χ0) is 29.9. The average molecular weight is 583 g/mol. The summed E-state index contributed by atoms with van der Waals surface area (Å²) in [6, 6.07) is 13.6. The Balaban J connectivity index is 2.04. The number of aliphatic hydroxyl groups excluding tert-OH is 1. The Kier molecular flexibility index (Phi) is 9.09. The molecule has 3 rings (SSSR count). The van der Waals surface area contributed by atoms with Gasteiger partial charge >= 0.3 is 24.2 Å². The number of halogens is 10. The molecule has 0 saturated heterocycles. The summed E-state index contributed by atoms with van der Waals surface area (Å²) in [6.07, 6.45) is -13.8. The maximum atomic E-state index is 14.4. The minimum absolute atomic E-state index is 0.0848. The molecule has 0 bridgehead atoms. The van der Waals surface area contributed by atoms with Crippen LogP contribution in [0.25, 0.3) is 0 Å². The van der Waals surface area contributed by atoms with Gasteiger partial charge in [0, 0.05) is 12.1 Å². The van der Waals surface area contributed by atoms with Gasteiger partial charge in [-0.3, -0.25) is 0 Å². The van der Waals surface area contributed by atoms with Crippen LogP contribution in [-0.2, 0) is 12.3 Å². The van der Waals surface area contributed by atoms with Crippen LogP contribution in [0, 0.1) is 0 Å². The van der Waals surface area contributed by atoms with Gasteiger partial charge < -0.3 is 15.2 Å². The van der Waals surface area contributed by atoms with E-state index >= 15 is 0 Å². The third-order valence-corrected chi connectivity index (χ3v) is 5.96. The molecule has 218 valence electrons. The van der Waals surface area contributed by atoms with Crippen molar-refractivity contribution in [2.75, 3.05) is 6.54 Å². The SMILES string of the molecule is CCc1cccc(Oc2cccc(C(NC[C@@H](O)C(F)(F)F)c3cccc(C(F)(F)C(F)(F)C(F)(F)F)c3)c2)c1. The second-order valence-corrected chi connectivity index (χ2v) is 8.85. The van der Waals surface area contributed by atoms with Crippen molar-refractivity contribution in [1.82, 2.24) is 5.32 Å². The van der Waals surface area contributed by atoms with Crippen LogP contribution >= 0.6 is 0 Å². The van der Waals surface area contributed by atoms with Gasteiger partial charge in [-0.25, -0.2) is 0 Å². The summed E-state index contributed by atoms with van der Waals surface area (Å²) in [5.74, 6) is -11.6. The molecule has 0 aromatic heterocycles. The molecule has 0 amide bonds. The maximum Gasteiger partial charge on any atom is 0.460 e. The van der Waals surface area contributed by atoms with E-state index in [-0.39, 0.29) is 16.9 Å². The highest BCUT2D eigenvalue weighted by atomic mass is 19.4. The van der Waals surface area contributed by atoms with E-state index in [1.807, 2.05) is 13.0 Å². The highest BCUT2D eigenvalue weighted by Gasteiger charge is 2.73. The van der Waals surface area contributed by atoms with Gasteiger partial charge in [-0.2, -0.15) is 43.9 Å². The van der Waals surface area contributed by atoms with E-state index in [0.717, 1.165) is 17.7 Å². The Bertz CT molecular complexity index is 1290. The van der Waals surface area contributed by atoms with Gasteiger partial charge in [-0.05, 0) is 53.4 Å². The number of nitrogens with one attached hydrogen (secondary N) is 1. The number of rotatable bonds is 10. The molecule has 0 fully saturated rings. The van der Waals surface area contributed by atoms with Crippen LogP contribution in [0.3, 0.4) is 0 Å². The molecule has 40 heavy (non-hydrogen) atoms. The number of aryl methyl sites for hydroxylation is 1. The van der Waals surface area contributed by atoms with Gasteiger partial charge in [0.25, 0.3) is 0 Å². The minimum Gasteiger partial charge on any atom is -0.457 e. The van der Waals surface area contributed by atoms with E-state index in [1.165, 1.54) is 24.3 Å². The first-order chi connectivity index (χ1) is 18.5. The maximum absolute atomic E-state index is 14.4. The summed E-state index contributed by atoms with van der Waals surface area (Å²) in [4.78, 5) is 0. The van der Waals surface area contributed by atoms with E-state index in [0.29, 0.717) is 24.3 Å². The molecular formula is C27H23F10NO2. The lowest BCUT2D eigenvalue weighted by molar-refractivity contribution is -0.359. The highest BCUT2D eigenvalue weighted by Crippen LogP contribution is 2.52. The highest BCUT2D eigenvalue weighted by molar-refractivity contribution is 5.41. The lowest BCUT2D eigenvalue weighted by Crippen LogP contribution is -2.50. The van der Waals surface area contributed by atoms with Crippen molar-refractivity contribution in [3.63, 3.8) is 0 Å². The summed E-state index contributed by atoms with van der Waals surface area (Å²) in [5.41, 5.74) is -1.06. The minimum atomic E-state index is -6.58. The number of benzene rings is 3. The van der Waals surface area contributed by atoms with Gasteiger partial charge in [0.1, 0.15) is 11.5 Å². The lowest BCUT2D eigenvalue weighted by Gasteiger charge is -2.29. The molecule has 1 unspecified atom stereocenters. The van der Waals surface area contributed by atoms with E-state index in [2.05, 4.69) is 5.32 Å². The van der Waals surface area contributed by atoms with E-state index in [4.69, 9.17) is 4.74 Å². The summed E-state index contributed by atoms with van der Waals surface area (Å²) in [6.45, 7) is 0.755. The van der Waals surface area contributed by atoms with Crippen LogP contribution in [0.4, 0.5) is 43.9 Å². The standard InChI is InChI=1S/C27H23F10NO2/c1-2-16-6-3-10-20(12-16)40-21-11-5-8-18(14-21)23(38-15-22(39)25(30,31)32)17-7-4-9-19(13-17)24(28,29)26(33,34)27(35,36)37/h3-14,22-23,38-39H,2,15H2,1H3/t22-,23?/m1/s1. The van der Waals surface area contributed by atoms with Crippen molar-refractivity contribution in [3.05, 3.63) is 95.1 Å². The Morgan fingerprint density at radius 3 is 1.88 bits per heavy atom. The van der Waals surface area contributed by atoms with Crippen molar-refractivity contribution in [3.8, 4) is 11.5 Å². The molecule has 3 nitrogen and oxygen atoms in total. The molecule has 0 spiro atoms. The quantitative estimate of drug-likeness (QED) is 0.238. The van der Waals surface area contributed by atoms with Crippen LogP contribution in [0.2, 0.25) is 0 Å². The topological polar surface area (TPSA) is 41.5 Å². The molecule has 3 aromatic rings. The third-order valence-electron chi connectivity index (χ3n) is 5.96. The molecule has 0 aliphatic carbocycles. The molecule has 13 heteroatoms. The van der Waals surface area contributed by atoms with Gasteiger partial charge in [0.15, 0.2) is 6.10 Å². The van der Waals surface area contributed by atoms with Crippen molar-refractivity contribution < 1.29 is 53.7 Å².